The summed E-state index contributed by atoms with van der Waals surface area (Å²) in [5, 5.41) is 0. The van der Waals surface area contributed by atoms with Crippen LogP contribution in [0, 0.1) is 0 Å². The van der Waals surface area contributed by atoms with Gasteiger partial charge in [0.2, 0.25) is 5.95 Å². The molecule has 33 heavy (non-hydrogen) atoms. The summed E-state index contributed by atoms with van der Waals surface area (Å²) >= 11 is 0. The lowest BCUT2D eigenvalue weighted by Gasteiger charge is -2.10. The normalized spacial score (nSPS) is 11.0. The second-order valence-electron chi connectivity index (χ2n) is 7.49. The maximum atomic E-state index is 13.5. The van der Waals surface area contributed by atoms with Crippen LogP contribution in [0.4, 0.5) is 0 Å². The van der Waals surface area contributed by atoms with Crippen LogP contribution in [0.25, 0.3) is 28.2 Å². The van der Waals surface area contributed by atoms with E-state index < -0.39 is 0 Å². The van der Waals surface area contributed by atoms with Crippen LogP contribution in [0.15, 0.2) is 89.9 Å². The third kappa shape index (κ3) is 3.74. The number of aromatic nitrogens is 4. The third-order valence-corrected chi connectivity index (χ3v) is 5.54. The lowest BCUT2D eigenvalue weighted by atomic mass is 10.1. The number of imidazole rings is 1. The highest BCUT2D eigenvalue weighted by molar-refractivity contribution is 5.77. The molecule has 3 aromatic carbocycles. The number of para-hydroxylation sites is 2. The molecule has 0 unspecified atom stereocenters. The Morgan fingerprint density at radius 2 is 1.55 bits per heavy atom. The van der Waals surface area contributed by atoms with Crippen LogP contribution in [-0.2, 0) is 6.54 Å². The fourth-order valence-corrected chi connectivity index (χ4v) is 3.93. The third-order valence-electron chi connectivity index (χ3n) is 5.54. The molecule has 0 fully saturated rings. The lowest BCUT2D eigenvalue weighted by Crippen LogP contribution is -2.25. The molecular formula is C26H22N4O3. The summed E-state index contributed by atoms with van der Waals surface area (Å²) < 4.78 is 14.1. The number of benzene rings is 3. The highest BCUT2D eigenvalue weighted by atomic mass is 16.5. The predicted octanol–water partition coefficient (Wildman–Crippen LogP) is 4.31. The molecule has 164 valence electrons. The second-order valence-corrected chi connectivity index (χ2v) is 7.49. The van der Waals surface area contributed by atoms with Gasteiger partial charge in [0.15, 0.2) is 11.5 Å². The summed E-state index contributed by atoms with van der Waals surface area (Å²) in [7, 11) is 3.19. The summed E-state index contributed by atoms with van der Waals surface area (Å²) in [4.78, 5) is 22.7. The Balaban J connectivity index is 1.64. The fraction of sp³-hybridized carbons (Fsp3) is 0.115. The smallest absolute Gasteiger partial charge is 0.336 e. The minimum Gasteiger partial charge on any atom is -0.493 e. The Morgan fingerprint density at radius 3 is 2.30 bits per heavy atom. The Morgan fingerprint density at radius 1 is 0.818 bits per heavy atom. The largest absolute Gasteiger partial charge is 0.493 e. The number of hydrogen-bond donors (Lipinski definition) is 0. The molecule has 7 heteroatoms. The van der Waals surface area contributed by atoms with E-state index in [-0.39, 0.29) is 5.69 Å². The summed E-state index contributed by atoms with van der Waals surface area (Å²) in [6.45, 7) is 0.461. The number of methoxy groups -OCH3 is 2. The molecular weight excluding hydrogens is 416 g/mol. The van der Waals surface area contributed by atoms with Crippen molar-refractivity contribution in [2.75, 3.05) is 14.2 Å². The number of nitrogens with zero attached hydrogens (tertiary/aromatic N) is 4. The van der Waals surface area contributed by atoms with E-state index in [4.69, 9.17) is 14.5 Å². The van der Waals surface area contributed by atoms with Crippen molar-refractivity contribution in [2.24, 2.45) is 0 Å². The molecule has 5 rings (SSSR count). The monoisotopic (exact) mass is 438 g/mol. The molecule has 0 aliphatic heterocycles. The van der Waals surface area contributed by atoms with Crippen LogP contribution in [-0.4, -0.2) is 33.3 Å². The molecule has 0 saturated carbocycles. The first-order valence-electron chi connectivity index (χ1n) is 10.5. The van der Waals surface area contributed by atoms with E-state index in [0.29, 0.717) is 29.7 Å². The molecule has 0 spiro atoms. The molecule has 2 heterocycles. The predicted molar refractivity (Wildman–Crippen MR) is 127 cm³/mol. The van der Waals surface area contributed by atoms with Crippen LogP contribution in [0.3, 0.4) is 0 Å². The van der Waals surface area contributed by atoms with Gasteiger partial charge in [-0.15, -0.1) is 0 Å². The number of hydrogen-bond acceptors (Lipinski definition) is 5. The standard InChI is InChI=1S/C26H22N4O3/c1-32-23-13-12-19(16-24(23)33-2)20-14-15-27-25(28-20)30-22-11-7-6-10-21(22)29(26(30)31)17-18-8-4-3-5-9-18/h3-16H,17H2,1-2H3. The van der Waals surface area contributed by atoms with Gasteiger partial charge in [-0.3, -0.25) is 4.57 Å². The zero-order valence-electron chi connectivity index (χ0n) is 18.3. The average molecular weight is 438 g/mol. The summed E-state index contributed by atoms with van der Waals surface area (Å²) in [5.41, 5.74) is 3.94. The van der Waals surface area contributed by atoms with Crippen molar-refractivity contribution in [3.63, 3.8) is 0 Å². The van der Waals surface area contributed by atoms with Crippen LogP contribution in [0.1, 0.15) is 5.56 Å². The Bertz CT molecular complexity index is 1490. The molecule has 0 atom stereocenters. The highest BCUT2D eigenvalue weighted by Crippen LogP contribution is 2.31. The van der Waals surface area contributed by atoms with E-state index in [1.54, 1.807) is 35.6 Å². The maximum Gasteiger partial charge on any atom is 0.336 e. The van der Waals surface area contributed by atoms with Gasteiger partial charge in [-0.2, -0.15) is 0 Å². The van der Waals surface area contributed by atoms with E-state index >= 15 is 0 Å². The van der Waals surface area contributed by atoms with Gasteiger partial charge in [0.25, 0.3) is 0 Å². The summed E-state index contributed by atoms with van der Waals surface area (Å²) in [5.74, 6) is 1.55. The SMILES string of the molecule is COc1ccc(-c2ccnc(-n3c(=O)n(Cc4ccccc4)c4ccccc43)n2)cc1OC. The van der Waals surface area contributed by atoms with Crippen molar-refractivity contribution in [1.29, 1.82) is 0 Å². The Hall–Kier alpha value is -4.39. The topological polar surface area (TPSA) is 71.2 Å². The van der Waals surface area contributed by atoms with E-state index in [1.807, 2.05) is 72.8 Å². The molecule has 0 aliphatic carbocycles. The van der Waals surface area contributed by atoms with Crippen LogP contribution >= 0.6 is 0 Å². The average Bonchev–Trinajstić information content (AvgIpc) is 3.15. The van der Waals surface area contributed by atoms with Crippen molar-refractivity contribution in [3.8, 4) is 28.7 Å². The van der Waals surface area contributed by atoms with E-state index in [0.717, 1.165) is 22.2 Å². The quantitative estimate of drug-likeness (QED) is 0.395. The Kier molecular flexibility index (Phi) is 5.36. The summed E-state index contributed by atoms with van der Waals surface area (Å²) in [6, 6.07) is 25.0. The summed E-state index contributed by atoms with van der Waals surface area (Å²) in [6.07, 6.45) is 1.66. The number of fused-ring (bicyclic) bond motifs is 1. The van der Waals surface area contributed by atoms with Gasteiger partial charge in [-0.25, -0.2) is 19.3 Å². The molecule has 0 N–H and O–H groups in total. The molecule has 0 radical (unpaired) electrons. The zero-order valence-corrected chi connectivity index (χ0v) is 18.3. The number of rotatable bonds is 6. The minimum atomic E-state index is -0.190. The van der Waals surface area contributed by atoms with Gasteiger partial charge < -0.3 is 9.47 Å². The molecule has 7 nitrogen and oxygen atoms in total. The van der Waals surface area contributed by atoms with Crippen molar-refractivity contribution < 1.29 is 9.47 Å². The molecule has 5 aromatic rings. The molecule has 0 aliphatic rings. The van der Waals surface area contributed by atoms with Gasteiger partial charge in [0, 0.05) is 11.8 Å². The minimum absolute atomic E-state index is 0.190. The van der Waals surface area contributed by atoms with Gasteiger partial charge >= 0.3 is 5.69 Å². The van der Waals surface area contributed by atoms with Crippen LogP contribution in [0.2, 0.25) is 0 Å². The molecule has 0 saturated heterocycles. The van der Waals surface area contributed by atoms with Crippen molar-refractivity contribution in [2.45, 2.75) is 6.54 Å². The van der Waals surface area contributed by atoms with Gasteiger partial charge in [-0.05, 0) is 42.0 Å². The zero-order chi connectivity index (χ0) is 22.8. The first-order valence-corrected chi connectivity index (χ1v) is 10.5. The highest BCUT2D eigenvalue weighted by Gasteiger charge is 2.17. The molecule has 0 bridgehead atoms. The fourth-order valence-electron chi connectivity index (χ4n) is 3.93. The first kappa shape index (κ1) is 20.5. The van der Waals surface area contributed by atoms with Crippen molar-refractivity contribution in [1.82, 2.24) is 19.1 Å². The lowest BCUT2D eigenvalue weighted by molar-refractivity contribution is 0.355. The number of ether oxygens (including phenoxy) is 2. The molecule has 2 aromatic heterocycles. The van der Waals surface area contributed by atoms with E-state index in [1.165, 1.54) is 0 Å². The van der Waals surface area contributed by atoms with Gasteiger partial charge in [0.1, 0.15) is 0 Å². The Labute approximate surface area is 190 Å². The van der Waals surface area contributed by atoms with Gasteiger partial charge in [0.05, 0.1) is 37.5 Å². The van der Waals surface area contributed by atoms with E-state index in [9.17, 15) is 4.79 Å². The van der Waals surface area contributed by atoms with Crippen LogP contribution in [0.5, 0.6) is 11.5 Å². The first-order chi connectivity index (χ1) is 16.2. The second kappa shape index (κ2) is 8.63. The van der Waals surface area contributed by atoms with Crippen molar-refractivity contribution >= 4 is 11.0 Å². The van der Waals surface area contributed by atoms with E-state index in [2.05, 4.69) is 4.98 Å². The maximum absolute atomic E-state index is 13.5. The molecule has 0 amide bonds. The van der Waals surface area contributed by atoms with Crippen molar-refractivity contribution in [3.05, 3.63) is 101 Å². The van der Waals surface area contributed by atoms with Crippen LogP contribution < -0.4 is 15.2 Å². The van der Waals surface area contributed by atoms with Gasteiger partial charge in [-0.1, -0.05) is 42.5 Å².